The maximum atomic E-state index is 4.34. The molecule has 1 atom stereocenters. The Morgan fingerprint density at radius 1 is 1.54 bits per heavy atom. The predicted octanol–water partition coefficient (Wildman–Crippen LogP) is 1.62. The molecule has 0 spiro atoms. The Kier molecular flexibility index (Phi) is 2.60. The average molecular weight is 176 g/mol. The van der Waals surface area contributed by atoms with Gasteiger partial charge in [-0.2, -0.15) is 0 Å². The third-order valence-electron chi connectivity index (χ3n) is 2.72. The zero-order valence-corrected chi connectivity index (χ0v) is 8.03. The van der Waals surface area contributed by atoms with E-state index in [1.807, 2.05) is 19.3 Å². The first-order valence-corrected chi connectivity index (χ1v) is 4.97. The number of pyridine rings is 1. The highest BCUT2D eigenvalue weighted by Gasteiger charge is 2.30. The third-order valence-corrected chi connectivity index (χ3v) is 2.72. The fraction of sp³-hybridized carbons (Fsp3) is 0.545. The molecule has 0 aromatic carbocycles. The third kappa shape index (κ3) is 2.28. The van der Waals surface area contributed by atoms with E-state index in [9.17, 15) is 0 Å². The van der Waals surface area contributed by atoms with E-state index in [1.165, 1.54) is 18.5 Å². The van der Waals surface area contributed by atoms with Crippen molar-refractivity contribution in [3.05, 3.63) is 30.1 Å². The highest BCUT2D eigenvalue weighted by Crippen LogP contribution is 2.33. The molecule has 1 aliphatic rings. The Hall–Kier alpha value is -0.890. The molecule has 0 bridgehead atoms. The molecule has 1 unspecified atom stereocenters. The van der Waals surface area contributed by atoms with E-state index in [0.717, 1.165) is 12.3 Å². The minimum atomic E-state index is 0.634. The highest BCUT2D eigenvalue weighted by molar-refractivity contribution is 5.06. The molecule has 1 aromatic heterocycles. The highest BCUT2D eigenvalue weighted by atomic mass is 14.9. The van der Waals surface area contributed by atoms with Crippen molar-refractivity contribution in [2.75, 3.05) is 7.05 Å². The molecule has 1 aromatic rings. The van der Waals surface area contributed by atoms with Gasteiger partial charge in [-0.05, 0) is 37.9 Å². The monoisotopic (exact) mass is 176 g/mol. The first kappa shape index (κ1) is 8.70. The largest absolute Gasteiger partial charge is 0.316 e. The molecule has 70 valence electrons. The summed E-state index contributed by atoms with van der Waals surface area (Å²) in [5.41, 5.74) is 1.20. The number of hydrogen-bond acceptors (Lipinski definition) is 2. The number of nitrogens with zero attached hydrogens (tertiary/aromatic N) is 1. The topological polar surface area (TPSA) is 24.9 Å². The van der Waals surface area contributed by atoms with Gasteiger partial charge in [-0.1, -0.05) is 6.07 Å². The normalized spacial score (nSPS) is 18.5. The maximum Gasteiger partial charge on any atom is 0.0419 e. The Morgan fingerprint density at radius 3 is 2.92 bits per heavy atom. The van der Waals surface area contributed by atoms with Crippen LogP contribution in [0, 0.1) is 5.92 Å². The molecule has 2 rings (SSSR count). The van der Waals surface area contributed by atoms with E-state index in [4.69, 9.17) is 0 Å². The van der Waals surface area contributed by atoms with Crippen molar-refractivity contribution in [3.63, 3.8) is 0 Å². The summed E-state index contributed by atoms with van der Waals surface area (Å²) in [7, 11) is 2.05. The summed E-state index contributed by atoms with van der Waals surface area (Å²) in [5.74, 6) is 0.895. The van der Waals surface area contributed by atoms with Crippen LogP contribution in [0.1, 0.15) is 18.5 Å². The van der Waals surface area contributed by atoms with Crippen LogP contribution in [-0.2, 0) is 6.42 Å². The van der Waals surface area contributed by atoms with E-state index in [0.29, 0.717) is 6.04 Å². The van der Waals surface area contributed by atoms with Gasteiger partial charge in [-0.25, -0.2) is 0 Å². The molecule has 2 nitrogen and oxygen atoms in total. The van der Waals surface area contributed by atoms with Crippen LogP contribution in [0.2, 0.25) is 0 Å². The second kappa shape index (κ2) is 3.88. The molecule has 13 heavy (non-hydrogen) atoms. The Balaban J connectivity index is 1.95. The lowest BCUT2D eigenvalue weighted by atomic mass is 10.1. The molecule has 1 heterocycles. The molecule has 0 aliphatic heterocycles. The fourth-order valence-corrected chi connectivity index (χ4v) is 1.75. The maximum absolute atomic E-state index is 4.34. The Labute approximate surface area is 79.4 Å². The molecule has 2 heteroatoms. The summed E-state index contributed by atoms with van der Waals surface area (Å²) >= 11 is 0. The van der Waals surface area contributed by atoms with Crippen molar-refractivity contribution >= 4 is 0 Å². The van der Waals surface area contributed by atoms with E-state index in [2.05, 4.69) is 22.4 Å². The zero-order chi connectivity index (χ0) is 9.10. The smallest absolute Gasteiger partial charge is 0.0419 e. The van der Waals surface area contributed by atoms with Crippen molar-refractivity contribution in [2.24, 2.45) is 5.92 Å². The lowest BCUT2D eigenvalue weighted by Crippen LogP contribution is -2.29. The minimum absolute atomic E-state index is 0.634. The molecule has 0 radical (unpaired) electrons. The first-order valence-electron chi connectivity index (χ1n) is 4.97. The lowest BCUT2D eigenvalue weighted by Gasteiger charge is -2.14. The van der Waals surface area contributed by atoms with Gasteiger partial charge in [0.2, 0.25) is 0 Å². The predicted molar refractivity (Wildman–Crippen MR) is 53.5 cm³/mol. The summed E-state index contributed by atoms with van der Waals surface area (Å²) < 4.78 is 0. The van der Waals surface area contributed by atoms with Gasteiger partial charge in [0.05, 0.1) is 0 Å². The Morgan fingerprint density at radius 2 is 2.38 bits per heavy atom. The molecular formula is C11H16N2. The number of hydrogen-bond donors (Lipinski definition) is 1. The van der Waals surface area contributed by atoms with Gasteiger partial charge < -0.3 is 5.32 Å². The van der Waals surface area contributed by atoms with E-state index in [-0.39, 0.29) is 0 Å². The molecule has 1 fully saturated rings. The standard InChI is InChI=1S/C11H16N2/c1-12-11(9-5-6-9)8-10-4-2-3-7-13-10/h2-4,7,9,11-12H,5-6,8H2,1H3. The number of rotatable bonds is 4. The van der Waals surface area contributed by atoms with Crippen LogP contribution in [0.25, 0.3) is 0 Å². The lowest BCUT2D eigenvalue weighted by molar-refractivity contribution is 0.496. The van der Waals surface area contributed by atoms with E-state index in [1.54, 1.807) is 0 Å². The van der Waals surface area contributed by atoms with Gasteiger partial charge in [0.25, 0.3) is 0 Å². The fourth-order valence-electron chi connectivity index (χ4n) is 1.75. The summed E-state index contributed by atoms with van der Waals surface area (Å²) in [5, 5.41) is 3.37. The van der Waals surface area contributed by atoms with Crippen LogP contribution in [0.3, 0.4) is 0 Å². The van der Waals surface area contributed by atoms with Gasteiger partial charge in [-0.15, -0.1) is 0 Å². The molecule has 0 saturated heterocycles. The Bertz CT molecular complexity index is 254. The quantitative estimate of drug-likeness (QED) is 0.754. The summed E-state index contributed by atoms with van der Waals surface area (Å²) in [6.07, 6.45) is 5.72. The minimum Gasteiger partial charge on any atom is -0.316 e. The number of nitrogens with one attached hydrogen (secondary N) is 1. The van der Waals surface area contributed by atoms with Crippen LogP contribution in [0.15, 0.2) is 24.4 Å². The molecule has 1 N–H and O–H groups in total. The van der Waals surface area contributed by atoms with Gasteiger partial charge in [0.15, 0.2) is 0 Å². The SMILES string of the molecule is CNC(Cc1ccccn1)C1CC1. The van der Waals surface area contributed by atoms with Crippen molar-refractivity contribution < 1.29 is 0 Å². The van der Waals surface area contributed by atoms with Gasteiger partial charge in [0.1, 0.15) is 0 Å². The van der Waals surface area contributed by atoms with Crippen LogP contribution >= 0.6 is 0 Å². The number of likely N-dealkylation sites (N-methyl/N-ethyl adjacent to an activating group) is 1. The summed E-state index contributed by atoms with van der Waals surface area (Å²) in [4.78, 5) is 4.34. The molecule has 1 saturated carbocycles. The average Bonchev–Trinajstić information content (AvgIpc) is 2.99. The van der Waals surface area contributed by atoms with Crippen molar-refractivity contribution in [3.8, 4) is 0 Å². The van der Waals surface area contributed by atoms with Crippen LogP contribution < -0.4 is 5.32 Å². The molecule has 0 amide bonds. The van der Waals surface area contributed by atoms with Crippen LogP contribution in [-0.4, -0.2) is 18.1 Å². The van der Waals surface area contributed by atoms with E-state index < -0.39 is 0 Å². The molecular weight excluding hydrogens is 160 g/mol. The van der Waals surface area contributed by atoms with Crippen LogP contribution in [0.4, 0.5) is 0 Å². The molecule has 1 aliphatic carbocycles. The van der Waals surface area contributed by atoms with Gasteiger partial charge >= 0.3 is 0 Å². The second-order valence-corrected chi connectivity index (χ2v) is 3.76. The first-order chi connectivity index (χ1) is 6.40. The summed E-state index contributed by atoms with van der Waals surface area (Å²) in [6.45, 7) is 0. The van der Waals surface area contributed by atoms with E-state index >= 15 is 0 Å². The van der Waals surface area contributed by atoms with Crippen molar-refractivity contribution in [2.45, 2.75) is 25.3 Å². The van der Waals surface area contributed by atoms with Crippen molar-refractivity contribution in [1.29, 1.82) is 0 Å². The zero-order valence-electron chi connectivity index (χ0n) is 8.03. The second-order valence-electron chi connectivity index (χ2n) is 3.76. The van der Waals surface area contributed by atoms with Crippen LogP contribution in [0.5, 0.6) is 0 Å². The number of aromatic nitrogens is 1. The van der Waals surface area contributed by atoms with Crippen molar-refractivity contribution in [1.82, 2.24) is 10.3 Å². The van der Waals surface area contributed by atoms with Gasteiger partial charge in [0, 0.05) is 24.4 Å². The van der Waals surface area contributed by atoms with Gasteiger partial charge in [-0.3, -0.25) is 4.98 Å². The summed E-state index contributed by atoms with van der Waals surface area (Å²) in [6, 6.07) is 6.76.